The number of hydrogen-bond donors (Lipinski definition) is 5. The summed E-state index contributed by atoms with van der Waals surface area (Å²) < 4.78 is 0. The molecule has 2 saturated heterocycles. The monoisotopic (exact) mass is 451 g/mol. The van der Waals surface area contributed by atoms with Crippen molar-refractivity contribution < 1.29 is 4.79 Å². The number of amidine groups is 1. The lowest BCUT2D eigenvalue weighted by molar-refractivity contribution is -0.115. The number of hydrogen-bond acceptors (Lipinski definition) is 4. The standard InChI is InChI=1S/C25H37N7O/c1-16(2)8-9-18(12-17-13-28-22-7-5-4-6-21(17)22)29-24(33)23(26)30-25(27)32-14-19-10-11-20(15-32)31(19)3/h4-7,13,16,18-20,28H,8-12,14-15H2,1-3H3,(H,29,33)(H3,26,27,30). The molecule has 0 aliphatic carbocycles. The third-order valence-electron chi connectivity index (χ3n) is 7.20. The van der Waals surface area contributed by atoms with Crippen molar-refractivity contribution in [3.8, 4) is 0 Å². The number of aromatic amines is 1. The van der Waals surface area contributed by atoms with Crippen molar-refractivity contribution in [1.82, 2.24) is 25.4 Å². The van der Waals surface area contributed by atoms with Gasteiger partial charge in [-0.25, -0.2) is 0 Å². The van der Waals surface area contributed by atoms with Gasteiger partial charge in [-0.2, -0.15) is 0 Å². The molecule has 3 unspecified atom stereocenters. The van der Waals surface area contributed by atoms with Gasteiger partial charge in [0.05, 0.1) is 0 Å². The van der Waals surface area contributed by atoms with Gasteiger partial charge in [0.15, 0.2) is 11.8 Å². The van der Waals surface area contributed by atoms with Gasteiger partial charge in [-0.3, -0.25) is 20.5 Å². The Morgan fingerprint density at radius 3 is 2.55 bits per heavy atom. The molecular formula is C25H37N7O. The molecule has 0 spiro atoms. The number of guanidine groups is 1. The highest BCUT2D eigenvalue weighted by molar-refractivity contribution is 6.39. The third-order valence-corrected chi connectivity index (χ3v) is 7.20. The molecule has 2 aromatic rings. The lowest BCUT2D eigenvalue weighted by atomic mass is 9.97. The van der Waals surface area contributed by atoms with Crippen LogP contribution in [0.15, 0.2) is 30.5 Å². The van der Waals surface area contributed by atoms with E-state index in [4.69, 9.17) is 10.8 Å². The molecule has 8 heteroatoms. The van der Waals surface area contributed by atoms with Crippen LogP contribution in [0.1, 0.15) is 45.1 Å². The van der Waals surface area contributed by atoms with Crippen LogP contribution >= 0.6 is 0 Å². The van der Waals surface area contributed by atoms with Crippen LogP contribution in [-0.2, 0) is 11.2 Å². The average Bonchev–Trinajstić information content (AvgIpc) is 3.26. The SMILES string of the molecule is CC(C)CCC(Cc1c[nH]c2ccccc12)NC(=O)C(=N)NC(=N)N1CC2CCC(C1)N2C. The first-order valence-corrected chi connectivity index (χ1v) is 12.1. The molecule has 33 heavy (non-hydrogen) atoms. The Balaban J connectivity index is 1.36. The molecule has 5 N–H and O–H groups in total. The molecule has 4 rings (SSSR count). The number of benzene rings is 1. The first-order valence-electron chi connectivity index (χ1n) is 12.1. The minimum absolute atomic E-state index is 0.0741. The van der Waals surface area contributed by atoms with E-state index in [0.717, 1.165) is 44.3 Å². The Morgan fingerprint density at radius 2 is 1.85 bits per heavy atom. The maximum Gasteiger partial charge on any atom is 0.286 e. The molecule has 2 aliphatic heterocycles. The number of nitrogens with one attached hydrogen (secondary N) is 5. The highest BCUT2D eigenvalue weighted by Gasteiger charge is 2.38. The Bertz CT molecular complexity index is 999. The van der Waals surface area contributed by atoms with Crippen molar-refractivity contribution in [1.29, 1.82) is 10.8 Å². The average molecular weight is 452 g/mol. The summed E-state index contributed by atoms with van der Waals surface area (Å²) in [6, 6.07) is 9.00. The molecule has 3 heterocycles. The van der Waals surface area contributed by atoms with E-state index in [9.17, 15) is 4.79 Å². The van der Waals surface area contributed by atoms with Crippen LogP contribution < -0.4 is 10.6 Å². The van der Waals surface area contributed by atoms with E-state index in [2.05, 4.69) is 53.5 Å². The molecule has 1 aromatic carbocycles. The molecular weight excluding hydrogens is 414 g/mol. The van der Waals surface area contributed by atoms with E-state index in [1.807, 2.05) is 23.2 Å². The lowest BCUT2D eigenvalue weighted by Crippen LogP contribution is -2.58. The summed E-state index contributed by atoms with van der Waals surface area (Å²) in [4.78, 5) is 20.5. The molecule has 0 saturated carbocycles. The predicted octanol–water partition coefficient (Wildman–Crippen LogP) is 2.91. The second kappa shape index (κ2) is 9.95. The summed E-state index contributed by atoms with van der Waals surface area (Å²) >= 11 is 0. The lowest BCUT2D eigenvalue weighted by Gasteiger charge is -2.39. The molecule has 8 nitrogen and oxygen atoms in total. The van der Waals surface area contributed by atoms with Crippen LogP contribution in [-0.4, -0.2) is 70.7 Å². The molecule has 178 valence electrons. The highest BCUT2D eigenvalue weighted by Crippen LogP contribution is 2.28. The Hall–Kier alpha value is -2.87. The fourth-order valence-corrected chi connectivity index (χ4v) is 5.13. The third kappa shape index (κ3) is 5.38. The number of nitrogens with zero attached hydrogens (tertiary/aromatic N) is 2. The molecule has 0 radical (unpaired) electrons. The van der Waals surface area contributed by atoms with E-state index in [-0.39, 0.29) is 17.8 Å². The second-order valence-corrected chi connectivity index (χ2v) is 10.0. The predicted molar refractivity (Wildman–Crippen MR) is 133 cm³/mol. The molecule has 2 fully saturated rings. The number of aromatic nitrogens is 1. The van der Waals surface area contributed by atoms with Gasteiger partial charge in [0.2, 0.25) is 0 Å². The fourth-order valence-electron chi connectivity index (χ4n) is 5.13. The number of rotatable bonds is 6. The van der Waals surface area contributed by atoms with Crippen LogP contribution in [0, 0.1) is 16.7 Å². The Labute approximate surface area is 196 Å². The topological polar surface area (TPSA) is 111 Å². The van der Waals surface area contributed by atoms with Crippen molar-refractivity contribution >= 4 is 28.6 Å². The molecule has 2 bridgehead atoms. The van der Waals surface area contributed by atoms with Gasteiger partial charge in [-0.1, -0.05) is 32.0 Å². The number of carbonyl (C=O) groups excluding carboxylic acids is 1. The van der Waals surface area contributed by atoms with Crippen LogP contribution in [0.25, 0.3) is 10.9 Å². The second-order valence-electron chi connectivity index (χ2n) is 10.0. The number of piperazine rings is 1. The Kier molecular flexibility index (Phi) is 7.02. The fraction of sp³-hybridized carbons (Fsp3) is 0.560. The van der Waals surface area contributed by atoms with Crippen molar-refractivity contribution in [2.45, 2.75) is 64.1 Å². The summed E-state index contributed by atoms with van der Waals surface area (Å²) in [6.07, 6.45) is 6.85. The van der Waals surface area contributed by atoms with Gasteiger partial charge < -0.3 is 20.5 Å². The smallest absolute Gasteiger partial charge is 0.286 e. The van der Waals surface area contributed by atoms with E-state index < -0.39 is 5.91 Å². The number of likely N-dealkylation sites (tertiary alicyclic amines) is 1. The summed E-state index contributed by atoms with van der Waals surface area (Å²) in [5, 5.41) is 23.7. The van der Waals surface area contributed by atoms with Crippen LogP contribution in [0.3, 0.4) is 0 Å². The van der Waals surface area contributed by atoms with Crippen LogP contribution in [0.4, 0.5) is 0 Å². The first-order chi connectivity index (χ1) is 15.8. The van der Waals surface area contributed by atoms with E-state index in [0.29, 0.717) is 24.4 Å². The number of fused-ring (bicyclic) bond motifs is 3. The van der Waals surface area contributed by atoms with Gasteiger partial charge >= 0.3 is 0 Å². The zero-order valence-corrected chi connectivity index (χ0v) is 19.9. The van der Waals surface area contributed by atoms with Gasteiger partial charge in [0.1, 0.15) is 0 Å². The largest absolute Gasteiger partial charge is 0.361 e. The first kappa shape index (κ1) is 23.3. The number of carbonyl (C=O) groups is 1. The van der Waals surface area contributed by atoms with E-state index in [1.54, 1.807) is 0 Å². The molecule has 1 aromatic heterocycles. The summed E-state index contributed by atoms with van der Waals surface area (Å²) in [7, 11) is 2.15. The van der Waals surface area contributed by atoms with E-state index >= 15 is 0 Å². The van der Waals surface area contributed by atoms with Crippen molar-refractivity contribution in [2.24, 2.45) is 5.92 Å². The van der Waals surface area contributed by atoms with Gasteiger partial charge in [-0.05, 0) is 56.7 Å². The minimum atomic E-state index is -0.453. The molecule has 1 amide bonds. The minimum Gasteiger partial charge on any atom is -0.361 e. The number of para-hydroxylation sites is 1. The zero-order chi connectivity index (χ0) is 23.5. The van der Waals surface area contributed by atoms with Crippen molar-refractivity contribution in [3.63, 3.8) is 0 Å². The normalized spacial score (nSPS) is 21.4. The maximum absolute atomic E-state index is 12.9. The number of amides is 1. The number of H-pyrrole nitrogens is 1. The highest BCUT2D eigenvalue weighted by atomic mass is 16.2. The van der Waals surface area contributed by atoms with Crippen LogP contribution in [0.2, 0.25) is 0 Å². The summed E-state index contributed by atoms with van der Waals surface area (Å²) in [5.74, 6) is -0.0357. The van der Waals surface area contributed by atoms with Crippen LogP contribution in [0.5, 0.6) is 0 Å². The Morgan fingerprint density at radius 1 is 1.15 bits per heavy atom. The van der Waals surface area contributed by atoms with Gasteiger partial charge in [-0.15, -0.1) is 0 Å². The van der Waals surface area contributed by atoms with Gasteiger partial charge in [0, 0.05) is 48.3 Å². The number of likely N-dealkylation sites (N-methyl/N-ethyl adjacent to an activating group) is 1. The molecule has 3 atom stereocenters. The molecule has 2 aliphatic rings. The summed E-state index contributed by atoms with van der Waals surface area (Å²) in [6.45, 7) is 5.90. The maximum atomic E-state index is 12.9. The van der Waals surface area contributed by atoms with Crippen molar-refractivity contribution in [3.05, 3.63) is 36.0 Å². The quantitative estimate of drug-likeness (QED) is 0.343. The van der Waals surface area contributed by atoms with E-state index in [1.165, 1.54) is 10.9 Å². The van der Waals surface area contributed by atoms with Crippen molar-refractivity contribution in [2.75, 3.05) is 20.1 Å². The zero-order valence-electron chi connectivity index (χ0n) is 19.9. The summed E-state index contributed by atoms with van der Waals surface area (Å²) in [5.41, 5.74) is 2.25. The van der Waals surface area contributed by atoms with Gasteiger partial charge in [0.25, 0.3) is 5.91 Å².